The van der Waals surface area contributed by atoms with Crippen molar-refractivity contribution in [3.63, 3.8) is 0 Å². The highest BCUT2D eigenvalue weighted by Gasteiger charge is 2.37. The summed E-state index contributed by atoms with van der Waals surface area (Å²) < 4.78 is 0. The maximum absolute atomic E-state index is 3.70. The van der Waals surface area contributed by atoms with Crippen LogP contribution >= 0.6 is 0 Å². The van der Waals surface area contributed by atoms with E-state index in [1.165, 1.54) is 38.6 Å². The first-order valence-electron chi connectivity index (χ1n) is 7.63. The van der Waals surface area contributed by atoms with Gasteiger partial charge in [-0.15, -0.1) is 0 Å². The molecule has 1 N–H and O–H groups in total. The first-order chi connectivity index (χ1) is 8.13. The molecule has 102 valence electrons. The van der Waals surface area contributed by atoms with Gasteiger partial charge in [0.05, 0.1) is 0 Å². The van der Waals surface area contributed by atoms with Crippen LogP contribution in [-0.4, -0.2) is 35.6 Å². The van der Waals surface area contributed by atoms with Crippen molar-refractivity contribution in [3.8, 4) is 0 Å². The normalized spacial score (nSPS) is 27.4. The number of rotatable bonds is 6. The van der Waals surface area contributed by atoms with Crippen molar-refractivity contribution in [2.24, 2.45) is 0 Å². The Bertz CT molecular complexity index is 203. The highest BCUT2D eigenvalue weighted by Crippen LogP contribution is 2.31. The lowest BCUT2D eigenvalue weighted by Crippen LogP contribution is -2.63. The fourth-order valence-corrected chi connectivity index (χ4v) is 3.49. The lowest BCUT2D eigenvalue weighted by molar-refractivity contribution is 0.00552. The van der Waals surface area contributed by atoms with E-state index in [-0.39, 0.29) is 0 Å². The molecule has 2 heteroatoms. The van der Waals surface area contributed by atoms with E-state index in [0.29, 0.717) is 17.6 Å². The SMILES string of the molecule is CCCC1CN(C(CC)(CC)CC)C(C)CN1. The molecule has 0 bridgehead atoms. The number of nitrogens with one attached hydrogen (secondary N) is 1. The molecule has 0 saturated carbocycles. The van der Waals surface area contributed by atoms with Gasteiger partial charge in [-0.1, -0.05) is 34.1 Å². The van der Waals surface area contributed by atoms with Gasteiger partial charge < -0.3 is 5.32 Å². The minimum absolute atomic E-state index is 0.438. The highest BCUT2D eigenvalue weighted by molar-refractivity contribution is 4.95. The van der Waals surface area contributed by atoms with Gasteiger partial charge in [0.2, 0.25) is 0 Å². The second-order valence-electron chi connectivity index (χ2n) is 5.68. The lowest BCUT2D eigenvalue weighted by atomic mass is 9.85. The van der Waals surface area contributed by atoms with E-state index in [1.54, 1.807) is 0 Å². The number of piperazine rings is 1. The zero-order valence-corrected chi connectivity index (χ0v) is 12.6. The highest BCUT2D eigenvalue weighted by atomic mass is 15.3. The van der Waals surface area contributed by atoms with E-state index in [9.17, 15) is 0 Å². The van der Waals surface area contributed by atoms with Crippen LogP contribution in [0, 0.1) is 0 Å². The van der Waals surface area contributed by atoms with Crippen molar-refractivity contribution in [3.05, 3.63) is 0 Å². The Balaban J connectivity index is 2.76. The summed E-state index contributed by atoms with van der Waals surface area (Å²) in [5.41, 5.74) is 0.438. The fraction of sp³-hybridized carbons (Fsp3) is 1.00. The molecule has 0 amide bonds. The monoisotopic (exact) mass is 240 g/mol. The summed E-state index contributed by atoms with van der Waals surface area (Å²) >= 11 is 0. The topological polar surface area (TPSA) is 15.3 Å². The molecular formula is C15H32N2. The van der Waals surface area contributed by atoms with Crippen molar-refractivity contribution in [1.82, 2.24) is 10.2 Å². The molecule has 2 nitrogen and oxygen atoms in total. The van der Waals surface area contributed by atoms with Crippen molar-refractivity contribution in [2.45, 2.75) is 84.3 Å². The minimum atomic E-state index is 0.438. The Hall–Kier alpha value is -0.0800. The molecule has 1 saturated heterocycles. The second kappa shape index (κ2) is 6.75. The standard InChI is InChI=1S/C15H32N2/c1-6-10-14-12-17(13(5)11-16-14)15(7-2,8-3)9-4/h13-14,16H,6-12H2,1-5H3. The molecule has 0 aromatic rings. The number of nitrogens with zero attached hydrogens (tertiary/aromatic N) is 1. The summed E-state index contributed by atoms with van der Waals surface area (Å²) in [6.07, 6.45) is 6.45. The molecule has 1 aliphatic rings. The van der Waals surface area contributed by atoms with Crippen LogP contribution in [0.3, 0.4) is 0 Å². The van der Waals surface area contributed by atoms with Gasteiger partial charge in [0.15, 0.2) is 0 Å². The van der Waals surface area contributed by atoms with E-state index in [1.807, 2.05) is 0 Å². The molecule has 2 unspecified atom stereocenters. The van der Waals surface area contributed by atoms with Crippen molar-refractivity contribution in [2.75, 3.05) is 13.1 Å². The van der Waals surface area contributed by atoms with Gasteiger partial charge >= 0.3 is 0 Å². The zero-order chi connectivity index (χ0) is 12.9. The average Bonchev–Trinajstić information content (AvgIpc) is 2.36. The quantitative estimate of drug-likeness (QED) is 0.765. The molecule has 0 aliphatic carbocycles. The van der Waals surface area contributed by atoms with Crippen LogP contribution in [0.4, 0.5) is 0 Å². The summed E-state index contributed by atoms with van der Waals surface area (Å²) in [5.74, 6) is 0. The van der Waals surface area contributed by atoms with Gasteiger partial charge in [-0.25, -0.2) is 0 Å². The Kier molecular flexibility index (Phi) is 5.94. The van der Waals surface area contributed by atoms with Crippen molar-refractivity contribution >= 4 is 0 Å². The van der Waals surface area contributed by atoms with Crippen LogP contribution in [0.5, 0.6) is 0 Å². The Morgan fingerprint density at radius 1 is 1.12 bits per heavy atom. The van der Waals surface area contributed by atoms with Crippen LogP contribution in [-0.2, 0) is 0 Å². The number of hydrogen-bond acceptors (Lipinski definition) is 2. The molecule has 1 rings (SSSR count). The Labute approximate surface area is 108 Å². The van der Waals surface area contributed by atoms with Crippen LogP contribution in [0.2, 0.25) is 0 Å². The average molecular weight is 240 g/mol. The molecule has 17 heavy (non-hydrogen) atoms. The van der Waals surface area contributed by atoms with E-state index >= 15 is 0 Å². The minimum Gasteiger partial charge on any atom is -0.311 e. The molecule has 0 aromatic carbocycles. The van der Waals surface area contributed by atoms with Gasteiger partial charge in [-0.3, -0.25) is 4.90 Å². The van der Waals surface area contributed by atoms with Crippen LogP contribution in [0.15, 0.2) is 0 Å². The summed E-state index contributed by atoms with van der Waals surface area (Å²) in [4.78, 5) is 2.80. The molecular weight excluding hydrogens is 208 g/mol. The summed E-state index contributed by atoms with van der Waals surface area (Å²) in [7, 11) is 0. The predicted octanol–water partition coefficient (Wildman–Crippen LogP) is 3.42. The van der Waals surface area contributed by atoms with Crippen LogP contribution < -0.4 is 5.32 Å². The molecule has 0 aromatic heterocycles. The third kappa shape index (κ3) is 3.23. The third-order valence-corrected chi connectivity index (χ3v) is 4.87. The zero-order valence-electron chi connectivity index (χ0n) is 12.6. The lowest BCUT2D eigenvalue weighted by Gasteiger charge is -2.51. The maximum Gasteiger partial charge on any atom is 0.0205 e. The summed E-state index contributed by atoms with van der Waals surface area (Å²) in [6, 6.07) is 1.39. The van der Waals surface area contributed by atoms with Crippen LogP contribution in [0.1, 0.15) is 66.7 Å². The van der Waals surface area contributed by atoms with Crippen LogP contribution in [0.25, 0.3) is 0 Å². The summed E-state index contributed by atoms with van der Waals surface area (Å²) in [5, 5.41) is 3.70. The fourth-order valence-electron chi connectivity index (χ4n) is 3.49. The first kappa shape index (κ1) is 15.0. The van der Waals surface area contributed by atoms with Gasteiger partial charge in [-0.05, 0) is 32.6 Å². The van der Waals surface area contributed by atoms with Gasteiger partial charge in [-0.2, -0.15) is 0 Å². The van der Waals surface area contributed by atoms with E-state index < -0.39 is 0 Å². The molecule has 1 fully saturated rings. The van der Waals surface area contributed by atoms with E-state index in [2.05, 4.69) is 44.8 Å². The Morgan fingerprint density at radius 2 is 1.71 bits per heavy atom. The van der Waals surface area contributed by atoms with Gasteiger partial charge in [0.25, 0.3) is 0 Å². The van der Waals surface area contributed by atoms with E-state index in [4.69, 9.17) is 0 Å². The van der Waals surface area contributed by atoms with Crippen molar-refractivity contribution in [1.29, 1.82) is 0 Å². The summed E-state index contributed by atoms with van der Waals surface area (Å²) in [6.45, 7) is 14.1. The van der Waals surface area contributed by atoms with E-state index in [0.717, 1.165) is 6.54 Å². The molecule has 0 radical (unpaired) electrons. The smallest absolute Gasteiger partial charge is 0.0205 e. The number of hydrogen-bond donors (Lipinski definition) is 1. The molecule has 1 heterocycles. The molecule has 2 atom stereocenters. The first-order valence-corrected chi connectivity index (χ1v) is 7.63. The maximum atomic E-state index is 3.70. The Morgan fingerprint density at radius 3 is 2.18 bits per heavy atom. The van der Waals surface area contributed by atoms with Gasteiger partial charge in [0, 0.05) is 30.7 Å². The van der Waals surface area contributed by atoms with Gasteiger partial charge in [0.1, 0.15) is 0 Å². The largest absolute Gasteiger partial charge is 0.311 e. The third-order valence-electron chi connectivity index (χ3n) is 4.87. The molecule has 0 spiro atoms. The molecule has 1 aliphatic heterocycles. The second-order valence-corrected chi connectivity index (χ2v) is 5.68. The predicted molar refractivity (Wildman–Crippen MR) is 76.5 cm³/mol. The van der Waals surface area contributed by atoms with Crippen molar-refractivity contribution < 1.29 is 0 Å².